The molecule has 0 saturated heterocycles. The summed E-state index contributed by atoms with van der Waals surface area (Å²) in [7, 11) is -1.65. The SMILES string of the molecule is CCCCN(C)CCCNC(=O)c1ccc(CNS(=O)(=O)c2ccc(F)cc2)cc1. The van der Waals surface area contributed by atoms with Crippen LogP contribution in [-0.4, -0.2) is 45.9 Å². The summed E-state index contributed by atoms with van der Waals surface area (Å²) in [6.45, 7) is 4.85. The summed E-state index contributed by atoms with van der Waals surface area (Å²) in [6, 6.07) is 11.4. The lowest BCUT2D eigenvalue weighted by Crippen LogP contribution is -2.28. The maximum absolute atomic E-state index is 13.0. The summed E-state index contributed by atoms with van der Waals surface area (Å²) in [6.07, 6.45) is 3.23. The fourth-order valence-corrected chi connectivity index (χ4v) is 3.86. The summed E-state index contributed by atoms with van der Waals surface area (Å²) in [5.41, 5.74) is 1.24. The van der Waals surface area contributed by atoms with E-state index in [0.29, 0.717) is 12.1 Å². The van der Waals surface area contributed by atoms with Crippen molar-refractivity contribution < 1.29 is 17.6 Å². The van der Waals surface area contributed by atoms with Gasteiger partial charge in [-0.1, -0.05) is 25.5 Å². The zero-order valence-corrected chi connectivity index (χ0v) is 18.3. The number of benzene rings is 2. The first-order chi connectivity index (χ1) is 14.3. The molecule has 6 nitrogen and oxygen atoms in total. The summed E-state index contributed by atoms with van der Waals surface area (Å²) >= 11 is 0. The number of halogens is 1. The number of nitrogens with one attached hydrogen (secondary N) is 2. The van der Waals surface area contributed by atoms with Crippen molar-refractivity contribution in [2.24, 2.45) is 0 Å². The minimum Gasteiger partial charge on any atom is -0.352 e. The molecular formula is C22H30FN3O3S. The van der Waals surface area contributed by atoms with Gasteiger partial charge in [-0.25, -0.2) is 17.5 Å². The lowest BCUT2D eigenvalue weighted by atomic mass is 10.1. The van der Waals surface area contributed by atoms with E-state index >= 15 is 0 Å². The van der Waals surface area contributed by atoms with Gasteiger partial charge in [0.15, 0.2) is 0 Å². The summed E-state index contributed by atoms with van der Waals surface area (Å²) in [4.78, 5) is 14.5. The largest absolute Gasteiger partial charge is 0.352 e. The van der Waals surface area contributed by atoms with Crippen molar-refractivity contribution in [3.63, 3.8) is 0 Å². The third-order valence-electron chi connectivity index (χ3n) is 4.70. The molecule has 0 saturated carbocycles. The highest BCUT2D eigenvalue weighted by Crippen LogP contribution is 2.11. The number of sulfonamides is 1. The summed E-state index contributed by atoms with van der Waals surface area (Å²) < 4.78 is 39.9. The molecule has 0 unspecified atom stereocenters. The predicted molar refractivity (Wildman–Crippen MR) is 116 cm³/mol. The van der Waals surface area contributed by atoms with E-state index < -0.39 is 15.8 Å². The standard InChI is InChI=1S/C22H30FN3O3S/c1-3-4-15-26(2)16-5-14-24-22(27)19-8-6-18(7-9-19)17-25-30(28,29)21-12-10-20(23)11-13-21/h6-13,25H,3-5,14-17H2,1-2H3,(H,24,27). The Labute approximate surface area is 178 Å². The molecule has 0 aliphatic rings. The molecule has 0 aliphatic carbocycles. The predicted octanol–water partition coefficient (Wildman–Crippen LogP) is 3.16. The number of amides is 1. The molecule has 0 aliphatic heterocycles. The van der Waals surface area contributed by atoms with Gasteiger partial charge in [0.25, 0.3) is 5.91 Å². The Morgan fingerprint density at radius 3 is 2.27 bits per heavy atom. The van der Waals surface area contributed by atoms with Crippen LogP contribution in [0.3, 0.4) is 0 Å². The fourth-order valence-electron chi connectivity index (χ4n) is 2.84. The number of rotatable bonds is 12. The van der Waals surface area contributed by atoms with Crippen LogP contribution >= 0.6 is 0 Å². The molecule has 30 heavy (non-hydrogen) atoms. The fraction of sp³-hybridized carbons (Fsp3) is 0.409. The highest BCUT2D eigenvalue weighted by molar-refractivity contribution is 7.89. The molecule has 2 N–H and O–H groups in total. The van der Waals surface area contributed by atoms with Crippen LogP contribution in [0, 0.1) is 5.82 Å². The van der Waals surface area contributed by atoms with Crippen LogP contribution < -0.4 is 10.0 Å². The van der Waals surface area contributed by atoms with Crippen molar-refractivity contribution in [1.82, 2.24) is 14.9 Å². The Kier molecular flexibility index (Phi) is 9.42. The van der Waals surface area contributed by atoms with Crippen LogP contribution in [0.1, 0.15) is 42.1 Å². The highest BCUT2D eigenvalue weighted by atomic mass is 32.2. The van der Waals surface area contributed by atoms with Crippen molar-refractivity contribution >= 4 is 15.9 Å². The van der Waals surface area contributed by atoms with Crippen molar-refractivity contribution in [1.29, 1.82) is 0 Å². The van der Waals surface area contributed by atoms with Crippen molar-refractivity contribution in [3.05, 3.63) is 65.5 Å². The topological polar surface area (TPSA) is 78.5 Å². The number of carbonyl (C=O) groups excluding carboxylic acids is 1. The van der Waals surface area contributed by atoms with Gasteiger partial charge in [-0.2, -0.15) is 0 Å². The number of unbranched alkanes of at least 4 members (excludes halogenated alkanes) is 1. The third kappa shape index (κ3) is 7.85. The number of carbonyl (C=O) groups is 1. The molecule has 0 aromatic heterocycles. The number of hydrogen-bond donors (Lipinski definition) is 2. The van der Waals surface area contributed by atoms with Gasteiger partial charge in [-0.15, -0.1) is 0 Å². The van der Waals surface area contributed by atoms with Crippen LogP contribution in [0.5, 0.6) is 0 Å². The first kappa shape index (κ1) is 24.0. The third-order valence-corrected chi connectivity index (χ3v) is 6.12. The zero-order chi connectivity index (χ0) is 22.0. The Bertz CT molecular complexity index is 900. The molecule has 0 spiro atoms. The Balaban J connectivity index is 1.78. The quantitative estimate of drug-likeness (QED) is 0.502. The average molecular weight is 436 g/mol. The van der Waals surface area contributed by atoms with Crippen molar-refractivity contribution in [2.75, 3.05) is 26.7 Å². The van der Waals surface area contributed by atoms with Gasteiger partial charge in [0.05, 0.1) is 4.90 Å². The Hall–Kier alpha value is -2.29. The van der Waals surface area contributed by atoms with Gasteiger partial charge in [0.1, 0.15) is 5.82 Å². The van der Waals surface area contributed by atoms with Gasteiger partial charge in [-0.05, 0) is 74.9 Å². The smallest absolute Gasteiger partial charge is 0.251 e. The molecule has 1 amide bonds. The van der Waals surface area contributed by atoms with E-state index in [4.69, 9.17) is 0 Å². The first-order valence-corrected chi connectivity index (χ1v) is 11.6. The molecule has 2 aromatic rings. The molecule has 0 fully saturated rings. The van der Waals surface area contributed by atoms with E-state index in [1.54, 1.807) is 24.3 Å². The van der Waals surface area contributed by atoms with Gasteiger partial charge in [0, 0.05) is 18.7 Å². The molecule has 2 aromatic carbocycles. The van der Waals surface area contributed by atoms with Crippen molar-refractivity contribution in [3.8, 4) is 0 Å². The molecule has 164 valence electrons. The van der Waals surface area contributed by atoms with E-state index in [-0.39, 0.29) is 17.3 Å². The van der Waals surface area contributed by atoms with Crippen LogP contribution in [0.2, 0.25) is 0 Å². The number of nitrogens with zero attached hydrogens (tertiary/aromatic N) is 1. The van der Waals surface area contributed by atoms with Crippen LogP contribution in [0.15, 0.2) is 53.4 Å². The molecule has 0 radical (unpaired) electrons. The van der Waals surface area contributed by atoms with Crippen LogP contribution in [0.25, 0.3) is 0 Å². The minimum absolute atomic E-state index is 0.000219. The van der Waals surface area contributed by atoms with E-state index in [2.05, 4.69) is 28.9 Å². The summed E-state index contributed by atoms with van der Waals surface area (Å²) in [5.74, 6) is -0.643. The molecule has 0 atom stereocenters. The van der Waals surface area contributed by atoms with Gasteiger partial charge in [0.2, 0.25) is 10.0 Å². The number of hydrogen-bond acceptors (Lipinski definition) is 4. The Morgan fingerprint density at radius 2 is 1.63 bits per heavy atom. The molecule has 8 heteroatoms. The molecule has 0 heterocycles. The van der Waals surface area contributed by atoms with Crippen LogP contribution in [-0.2, 0) is 16.6 Å². The second kappa shape index (κ2) is 11.8. The van der Waals surface area contributed by atoms with Gasteiger partial charge in [-0.3, -0.25) is 4.79 Å². The zero-order valence-electron chi connectivity index (χ0n) is 17.5. The summed E-state index contributed by atoms with van der Waals surface area (Å²) in [5, 5.41) is 2.90. The lowest BCUT2D eigenvalue weighted by molar-refractivity contribution is 0.0952. The Morgan fingerprint density at radius 1 is 1.00 bits per heavy atom. The second-order valence-corrected chi connectivity index (χ2v) is 9.01. The average Bonchev–Trinajstić information content (AvgIpc) is 2.74. The van der Waals surface area contributed by atoms with E-state index in [0.717, 1.165) is 37.2 Å². The minimum atomic E-state index is -3.73. The highest BCUT2D eigenvalue weighted by Gasteiger charge is 2.14. The second-order valence-electron chi connectivity index (χ2n) is 7.24. The van der Waals surface area contributed by atoms with Crippen LogP contribution in [0.4, 0.5) is 4.39 Å². The monoisotopic (exact) mass is 435 g/mol. The molecular weight excluding hydrogens is 405 g/mol. The van der Waals surface area contributed by atoms with E-state index in [1.165, 1.54) is 25.0 Å². The van der Waals surface area contributed by atoms with Gasteiger partial charge >= 0.3 is 0 Å². The van der Waals surface area contributed by atoms with E-state index in [1.807, 2.05) is 0 Å². The normalized spacial score (nSPS) is 11.6. The molecule has 0 bridgehead atoms. The van der Waals surface area contributed by atoms with Gasteiger partial charge < -0.3 is 10.2 Å². The van der Waals surface area contributed by atoms with Crippen molar-refractivity contribution in [2.45, 2.75) is 37.6 Å². The lowest BCUT2D eigenvalue weighted by Gasteiger charge is -2.16. The maximum atomic E-state index is 13.0. The molecule has 2 rings (SSSR count). The first-order valence-electron chi connectivity index (χ1n) is 10.1. The van der Waals surface area contributed by atoms with E-state index in [9.17, 15) is 17.6 Å². The maximum Gasteiger partial charge on any atom is 0.251 e.